The van der Waals surface area contributed by atoms with E-state index in [0.29, 0.717) is 11.5 Å². The molecule has 1 aromatic rings. The summed E-state index contributed by atoms with van der Waals surface area (Å²) in [6, 6.07) is 6.72. The molecule has 0 saturated carbocycles. The molecule has 2 radical (unpaired) electrons. The van der Waals surface area contributed by atoms with Gasteiger partial charge in [0.05, 0.1) is 7.11 Å². The van der Waals surface area contributed by atoms with Crippen molar-refractivity contribution in [1.29, 1.82) is 0 Å². The van der Waals surface area contributed by atoms with Gasteiger partial charge in [-0.1, -0.05) is 0 Å². The smallest absolute Gasteiger partial charge is 0.341 e. The molecule has 0 aliphatic carbocycles. The van der Waals surface area contributed by atoms with Gasteiger partial charge < -0.3 is 14.6 Å². The van der Waals surface area contributed by atoms with E-state index in [2.05, 4.69) is 13.8 Å². The van der Waals surface area contributed by atoms with Gasteiger partial charge in [-0.15, -0.1) is 0 Å². The van der Waals surface area contributed by atoms with E-state index < -0.39 is 5.97 Å². The molecule has 4 nitrogen and oxygen atoms in total. The molecular formula is C17H28O4Sn. The normalized spacial score (nSPS) is 9.59. The van der Waals surface area contributed by atoms with E-state index in [4.69, 9.17) is 14.6 Å². The van der Waals surface area contributed by atoms with Crippen LogP contribution in [0.4, 0.5) is 0 Å². The van der Waals surface area contributed by atoms with Crippen molar-refractivity contribution in [2.45, 2.75) is 48.4 Å². The van der Waals surface area contributed by atoms with Gasteiger partial charge in [-0.3, -0.25) is 0 Å². The second-order valence-electron chi connectivity index (χ2n) is 4.82. The standard InChI is InChI=1S/C9H10O4.2C4H9.Sn/c1-12-7-2-4-8(5-3-7)13-6-9(10)11;2*1-3-4-2;/h2-5H,6H2,1H3,(H,10,11);2*1,3-4H2,2H3;. The van der Waals surface area contributed by atoms with Gasteiger partial charge >= 0.3 is 75.5 Å². The van der Waals surface area contributed by atoms with Crippen molar-refractivity contribution in [3.05, 3.63) is 24.3 Å². The minimum Gasteiger partial charge on any atom is -0.497 e. The summed E-state index contributed by atoms with van der Waals surface area (Å²) in [5, 5.41) is 8.33. The quantitative estimate of drug-likeness (QED) is 0.458. The van der Waals surface area contributed by atoms with Crippen LogP contribution in [0, 0.1) is 0 Å². The van der Waals surface area contributed by atoms with Crippen LogP contribution in [0.5, 0.6) is 11.5 Å². The molecule has 0 heterocycles. The number of rotatable bonds is 10. The fourth-order valence-corrected chi connectivity index (χ4v) is 5.70. The average molecular weight is 415 g/mol. The monoisotopic (exact) mass is 416 g/mol. The van der Waals surface area contributed by atoms with E-state index in [1.54, 1.807) is 40.2 Å². The van der Waals surface area contributed by atoms with Crippen LogP contribution in [-0.4, -0.2) is 45.9 Å². The number of carboxylic acid groups (broad SMARTS) is 1. The predicted molar refractivity (Wildman–Crippen MR) is 91.3 cm³/mol. The summed E-state index contributed by atoms with van der Waals surface area (Å²) >= 11 is 0.149. The third-order valence-corrected chi connectivity index (χ3v) is 6.87. The van der Waals surface area contributed by atoms with Crippen LogP contribution < -0.4 is 9.47 Å². The first-order valence-corrected chi connectivity index (χ1v) is 11.9. The maximum absolute atomic E-state index is 10.1. The second-order valence-corrected chi connectivity index (χ2v) is 9.10. The average Bonchev–Trinajstić information content (AvgIpc) is 2.54. The number of aliphatic carboxylic acids is 1. The molecule has 0 unspecified atom stereocenters. The summed E-state index contributed by atoms with van der Waals surface area (Å²) in [4.78, 5) is 10.1. The van der Waals surface area contributed by atoms with Crippen molar-refractivity contribution in [3.8, 4) is 11.5 Å². The molecule has 0 atom stereocenters. The number of carbonyl (C=O) groups is 1. The van der Waals surface area contributed by atoms with E-state index in [0.717, 1.165) is 0 Å². The molecule has 1 N–H and O–H groups in total. The SMILES string of the molecule is CCC[CH2][Sn][CH2]CCC.COc1ccc(OCC(=O)O)cc1. The molecule has 0 amide bonds. The minimum absolute atomic E-state index is 0.149. The first-order chi connectivity index (χ1) is 10.6. The van der Waals surface area contributed by atoms with E-state index in [1.165, 1.54) is 25.7 Å². The van der Waals surface area contributed by atoms with Crippen LogP contribution in [0.15, 0.2) is 24.3 Å². The van der Waals surface area contributed by atoms with Gasteiger partial charge in [0, 0.05) is 0 Å². The van der Waals surface area contributed by atoms with Crippen LogP contribution in [0.1, 0.15) is 39.5 Å². The first kappa shape index (κ1) is 21.1. The van der Waals surface area contributed by atoms with Crippen molar-refractivity contribution in [1.82, 2.24) is 0 Å². The number of hydrogen-bond acceptors (Lipinski definition) is 3. The molecule has 1 rings (SSSR count). The fourth-order valence-electron chi connectivity index (χ4n) is 1.55. The van der Waals surface area contributed by atoms with Crippen LogP contribution in [0.2, 0.25) is 8.87 Å². The van der Waals surface area contributed by atoms with Crippen LogP contribution in [-0.2, 0) is 4.79 Å². The van der Waals surface area contributed by atoms with Gasteiger partial charge in [-0.05, 0) is 24.3 Å². The molecule has 0 spiro atoms. The summed E-state index contributed by atoms with van der Waals surface area (Å²) in [6.07, 6.45) is 5.84. The zero-order valence-electron chi connectivity index (χ0n) is 13.9. The molecule has 0 aromatic heterocycles. The van der Waals surface area contributed by atoms with Gasteiger partial charge in [0.15, 0.2) is 6.61 Å². The molecule has 124 valence electrons. The maximum Gasteiger partial charge on any atom is 0.341 e. The number of unbranched alkanes of at least 4 members (excludes halogenated alkanes) is 2. The van der Waals surface area contributed by atoms with Crippen molar-refractivity contribution < 1.29 is 19.4 Å². The van der Waals surface area contributed by atoms with Crippen molar-refractivity contribution >= 4 is 27.1 Å². The zero-order chi connectivity index (χ0) is 16.6. The van der Waals surface area contributed by atoms with Gasteiger partial charge in [-0.25, -0.2) is 4.79 Å². The number of hydrogen-bond donors (Lipinski definition) is 1. The van der Waals surface area contributed by atoms with Gasteiger partial charge in [0.25, 0.3) is 0 Å². The van der Waals surface area contributed by atoms with Gasteiger partial charge in [0.2, 0.25) is 0 Å². The Bertz CT molecular complexity index is 373. The Hall–Kier alpha value is -0.911. The number of methoxy groups -OCH3 is 1. The predicted octanol–water partition coefficient (Wildman–Crippen LogP) is 4.29. The molecule has 0 fully saturated rings. The van der Waals surface area contributed by atoms with E-state index >= 15 is 0 Å². The van der Waals surface area contributed by atoms with Crippen molar-refractivity contribution in [3.63, 3.8) is 0 Å². The van der Waals surface area contributed by atoms with E-state index in [-0.39, 0.29) is 27.7 Å². The zero-order valence-corrected chi connectivity index (χ0v) is 16.8. The van der Waals surface area contributed by atoms with E-state index in [9.17, 15) is 4.79 Å². The molecular weight excluding hydrogens is 387 g/mol. The van der Waals surface area contributed by atoms with Gasteiger partial charge in [-0.2, -0.15) is 0 Å². The molecule has 0 saturated heterocycles. The number of benzene rings is 1. The molecule has 1 aromatic carbocycles. The molecule has 0 aliphatic heterocycles. The Morgan fingerprint density at radius 3 is 1.95 bits per heavy atom. The fraction of sp³-hybridized carbons (Fsp3) is 0.588. The molecule has 0 bridgehead atoms. The molecule has 5 heteroatoms. The van der Waals surface area contributed by atoms with Crippen LogP contribution >= 0.6 is 0 Å². The molecule has 0 aliphatic rings. The Labute approximate surface area is 144 Å². The largest absolute Gasteiger partial charge is 0.497 e. The summed E-state index contributed by atoms with van der Waals surface area (Å²) in [6.45, 7) is 4.25. The maximum atomic E-state index is 10.1. The Balaban J connectivity index is 0.000000433. The summed E-state index contributed by atoms with van der Waals surface area (Å²) in [5.74, 6) is 0.238. The van der Waals surface area contributed by atoms with Crippen LogP contribution in [0.3, 0.4) is 0 Å². The van der Waals surface area contributed by atoms with Gasteiger partial charge in [0.1, 0.15) is 11.5 Å². The van der Waals surface area contributed by atoms with Crippen LogP contribution in [0.25, 0.3) is 0 Å². The number of ether oxygens (including phenoxy) is 2. The minimum atomic E-state index is -0.990. The third kappa shape index (κ3) is 12.8. The second kappa shape index (κ2) is 15.0. The Morgan fingerprint density at radius 2 is 1.55 bits per heavy atom. The summed E-state index contributed by atoms with van der Waals surface area (Å²) < 4.78 is 13.1. The Kier molecular flexibility index (Phi) is 14.4. The summed E-state index contributed by atoms with van der Waals surface area (Å²) in [7, 11) is 1.56. The molecule has 22 heavy (non-hydrogen) atoms. The van der Waals surface area contributed by atoms with Crippen molar-refractivity contribution in [2.75, 3.05) is 13.7 Å². The topological polar surface area (TPSA) is 55.8 Å². The van der Waals surface area contributed by atoms with Crippen molar-refractivity contribution in [2.24, 2.45) is 0 Å². The first-order valence-electron chi connectivity index (χ1n) is 7.83. The Morgan fingerprint density at radius 1 is 1.05 bits per heavy atom. The van der Waals surface area contributed by atoms with E-state index in [1.807, 2.05) is 0 Å². The summed E-state index contributed by atoms with van der Waals surface area (Å²) in [5.41, 5.74) is 0. The number of carboxylic acids is 1. The third-order valence-electron chi connectivity index (χ3n) is 2.84.